The molecule has 5 nitrogen and oxygen atoms in total. The lowest BCUT2D eigenvalue weighted by Crippen LogP contribution is -2.31. The molecule has 6 unspecified atom stereocenters. The van der Waals surface area contributed by atoms with Crippen molar-refractivity contribution in [3.05, 3.63) is 23.8 Å². The summed E-state index contributed by atoms with van der Waals surface area (Å²) in [5.41, 5.74) is 1.27. The summed E-state index contributed by atoms with van der Waals surface area (Å²) in [5, 5.41) is 18.8. The molecule has 2 rings (SSSR count). The van der Waals surface area contributed by atoms with Gasteiger partial charge in [-0.2, -0.15) is 0 Å². The molecule has 0 aromatic heterocycles. The average Bonchev–Trinajstić information content (AvgIpc) is 2.58. The second-order valence-corrected chi connectivity index (χ2v) is 7.43. The van der Waals surface area contributed by atoms with Crippen molar-refractivity contribution in [1.82, 2.24) is 0 Å². The largest absolute Gasteiger partial charge is 0.481 e. The Balaban J connectivity index is 1.94. The molecule has 0 saturated carbocycles. The van der Waals surface area contributed by atoms with Crippen LogP contribution >= 0.6 is 0 Å². The molecular weight excluding hydrogens is 320 g/mol. The molecule has 0 bridgehead atoms. The predicted octanol–water partition coefficient (Wildman–Crippen LogP) is 3.18. The zero-order valence-corrected chi connectivity index (χ0v) is 15.6. The molecule has 0 aromatic rings. The summed E-state index contributed by atoms with van der Waals surface area (Å²) < 4.78 is 10.9. The second kappa shape index (κ2) is 9.51. The van der Waals surface area contributed by atoms with Crippen molar-refractivity contribution in [1.29, 1.82) is 0 Å². The molecule has 0 aliphatic heterocycles. The van der Waals surface area contributed by atoms with Gasteiger partial charge in [-0.1, -0.05) is 25.2 Å². The molecule has 0 amide bonds. The highest BCUT2D eigenvalue weighted by Gasteiger charge is 2.34. The Morgan fingerprint density at radius 2 is 2.00 bits per heavy atom. The van der Waals surface area contributed by atoms with Gasteiger partial charge in [0.1, 0.15) is 0 Å². The van der Waals surface area contributed by atoms with E-state index in [9.17, 15) is 9.90 Å². The highest BCUT2D eigenvalue weighted by Crippen LogP contribution is 2.42. The minimum absolute atomic E-state index is 0.00372. The summed E-state index contributed by atoms with van der Waals surface area (Å²) in [4.78, 5) is 10.9. The van der Waals surface area contributed by atoms with Gasteiger partial charge < -0.3 is 19.7 Å². The van der Waals surface area contributed by atoms with Crippen LogP contribution in [0.1, 0.15) is 45.4 Å². The second-order valence-electron chi connectivity index (χ2n) is 7.43. The van der Waals surface area contributed by atoms with E-state index in [1.807, 2.05) is 6.08 Å². The van der Waals surface area contributed by atoms with E-state index in [1.165, 1.54) is 5.57 Å². The quantitative estimate of drug-likeness (QED) is 0.666. The highest BCUT2D eigenvalue weighted by molar-refractivity contribution is 5.67. The van der Waals surface area contributed by atoms with Gasteiger partial charge in [0.2, 0.25) is 0 Å². The minimum Gasteiger partial charge on any atom is -0.481 e. The van der Waals surface area contributed by atoms with E-state index in [-0.39, 0.29) is 24.7 Å². The maximum Gasteiger partial charge on any atom is 0.305 e. The molecule has 25 heavy (non-hydrogen) atoms. The van der Waals surface area contributed by atoms with Crippen LogP contribution < -0.4 is 0 Å². The number of carbonyl (C=O) groups is 1. The lowest BCUT2D eigenvalue weighted by molar-refractivity contribution is -0.140. The number of carboxylic acid groups (broad SMARTS) is 1. The minimum atomic E-state index is -0.844. The number of allylic oxidation sites excluding steroid dienone is 3. The molecular formula is C20H32O5. The van der Waals surface area contributed by atoms with E-state index in [1.54, 1.807) is 14.2 Å². The van der Waals surface area contributed by atoms with Crippen LogP contribution in [0.4, 0.5) is 0 Å². The molecule has 0 fully saturated rings. The van der Waals surface area contributed by atoms with Crippen molar-refractivity contribution >= 4 is 5.97 Å². The molecule has 2 aliphatic rings. The van der Waals surface area contributed by atoms with E-state index < -0.39 is 5.97 Å². The maximum atomic E-state index is 10.9. The smallest absolute Gasteiger partial charge is 0.305 e. The standard InChI is InChI=1S/C20H32O5/c1-13-4-5-14-10-15(21)6-8-19(14)18(13)9-7-16(24-2)11-17(25-3)12-20(22)23/h4-5,10,13,15-19,21H,6-9,11-12H2,1-3H3,(H,22,23). The van der Waals surface area contributed by atoms with Gasteiger partial charge in [-0.3, -0.25) is 4.79 Å². The fourth-order valence-electron chi connectivity index (χ4n) is 4.28. The first-order valence-corrected chi connectivity index (χ1v) is 9.30. The van der Waals surface area contributed by atoms with E-state index in [0.717, 1.165) is 25.7 Å². The zero-order chi connectivity index (χ0) is 18.4. The van der Waals surface area contributed by atoms with Crippen molar-refractivity contribution in [2.75, 3.05) is 14.2 Å². The molecule has 0 aromatic carbocycles. The molecule has 2 aliphatic carbocycles. The van der Waals surface area contributed by atoms with Crippen LogP contribution in [0, 0.1) is 17.8 Å². The fraction of sp³-hybridized carbons (Fsp3) is 0.750. The van der Waals surface area contributed by atoms with E-state index >= 15 is 0 Å². The van der Waals surface area contributed by atoms with Crippen LogP contribution in [0.2, 0.25) is 0 Å². The fourth-order valence-corrected chi connectivity index (χ4v) is 4.28. The molecule has 142 valence electrons. The van der Waals surface area contributed by atoms with Crippen LogP contribution in [0.5, 0.6) is 0 Å². The van der Waals surface area contributed by atoms with Crippen molar-refractivity contribution < 1.29 is 24.5 Å². The van der Waals surface area contributed by atoms with Gasteiger partial charge in [0.25, 0.3) is 0 Å². The Morgan fingerprint density at radius 1 is 1.28 bits per heavy atom. The van der Waals surface area contributed by atoms with Crippen LogP contribution in [0.25, 0.3) is 0 Å². The lowest BCUT2D eigenvalue weighted by Gasteiger charge is -2.38. The number of hydrogen-bond donors (Lipinski definition) is 2. The Labute approximate surface area is 150 Å². The van der Waals surface area contributed by atoms with E-state index in [0.29, 0.717) is 24.2 Å². The first-order valence-electron chi connectivity index (χ1n) is 9.30. The van der Waals surface area contributed by atoms with E-state index in [4.69, 9.17) is 14.6 Å². The number of aliphatic hydroxyl groups excluding tert-OH is 1. The third-order valence-corrected chi connectivity index (χ3v) is 5.79. The van der Waals surface area contributed by atoms with Gasteiger partial charge >= 0.3 is 5.97 Å². The molecule has 0 spiro atoms. The zero-order valence-electron chi connectivity index (χ0n) is 15.6. The monoisotopic (exact) mass is 352 g/mol. The van der Waals surface area contributed by atoms with Crippen LogP contribution in [-0.4, -0.2) is 48.7 Å². The van der Waals surface area contributed by atoms with Gasteiger partial charge in [-0.25, -0.2) is 0 Å². The average molecular weight is 352 g/mol. The van der Waals surface area contributed by atoms with Gasteiger partial charge in [-0.15, -0.1) is 0 Å². The molecule has 6 atom stereocenters. The number of methoxy groups -OCH3 is 2. The first kappa shape index (κ1) is 20.1. The first-order chi connectivity index (χ1) is 11.9. The summed E-state index contributed by atoms with van der Waals surface area (Å²) in [5.74, 6) is 0.718. The SMILES string of the molecule is COC(CCC1C(C)C=CC2=CC(O)CCC21)CC(CC(=O)O)OC. The van der Waals surface area contributed by atoms with Crippen LogP contribution in [-0.2, 0) is 14.3 Å². The van der Waals surface area contributed by atoms with Crippen molar-refractivity contribution in [2.24, 2.45) is 17.8 Å². The number of fused-ring (bicyclic) bond motifs is 1. The normalized spacial score (nSPS) is 31.1. The number of ether oxygens (including phenoxy) is 2. The molecule has 2 N–H and O–H groups in total. The number of rotatable bonds is 9. The molecule has 5 heteroatoms. The summed E-state index contributed by atoms with van der Waals surface area (Å²) in [6.45, 7) is 2.26. The summed E-state index contributed by atoms with van der Waals surface area (Å²) in [6, 6.07) is 0. The summed E-state index contributed by atoms with van der Waals surface area (Å²) >= 11 is 0. The number of hydrogen-bond acceptors (Lipinski definition) is 4. The summed E-state index contributed by atoms with van der Waals surface area (Å²) in [6.07, 6.45) is 10.2. The van der Waals surface area contributed by atoms with Gasteiger partial charge in [0.15, 0.2) is 0 Å². The van der Waals surface area contributed by atoms with Gasteiger partial charge in [-0.05, 0) is 49.0 Å². The molecule has 0 heterocycles. The maximum absolute atomic E-state index is 10.9. The van der Waals surface area contributed by atoms with Gasteiger partial charge in [0, 0.05) is 20.6 Å². The molecule has 0 saturated heterocycles. The van der Waals surface area contributed by atoms with Crippen LogP contribution in [0.15, 0.2) is 23.8 Å². The number of carboxylic acids is 1. The van der Waals surface area contributed by atoms with Gasteiger partial charge in [0.05, 0.1) is 24.7 Å². The highest BCUT2D eigenvalue weighted by atomic mass is 16.5. The number of aliphatic hydroxyl groups is 1. The van der Waals surface area contributed by atoms with Crippen molar-refractivity contribution in [3.8, 4) is 0 Å². The van der Waals surface area contributed by atoms with Crippen LogP contribution in [0.3, 0.4) is 0 Å². The van der Waals surface area contributed by atoms with Crippen molar-refractivity contribution in [2.45, 2.75) is 63.8 Å². The predicted molar refractivity (Wildman–Crippen MR) is 96.3 cm³/mol. The molecule has 0 radical (unpaired) electrons. The third kappa shape index (κ3) is 5.66. The Kier molecular flexibility index (Phi) is 7.66. The Bertz CT molecular complexity index is 498. The van der Waals surface area contributed by atoms with E-state index in [2.05, 4.69) is 19.1 Å². The van der Waals surface area contributed by atoms with Crippen molar-refractivity contribution in [3.63, 3.8) is 0 Å². The Hall–Kier alpha value is -1.17. The summed E-state index contributed by atoms with van der Waals surface area (Å²) in [7, 11) is 3.24. The lowest BCUT2D eigenvalue weighted by atomic mass is 9.67. The Morgan fingerprint density at radius 3 is 2.64 bits per heavy atom. The topological polar surface area (TPSA) is 76.0 Å². The third-order valence-electron chi connectivity index (χ3n) is 5.79. The number of aliphatic carboxylic acids is 1.